The second kappa shape index (κ2) is 4.10. The highest BCUT2D eigenvalue weighted by Crippen LogP contribution is 2.11. The van der Waals surface area contributed by atoms with Crippen LogP contribution in [0.3, 0.4) is 0 Å². The van der Waals surface area contributed by atoms with Crippen LogP contribution in [0.15, 0.2) is 35.9 Å². The summed E-state index contributed by atoms with van der Waals surface area (Å²) in [6.07, 6.45) is 0.503. The molecule has 3 heteroatoms. The van der Waals surface area contributed by atoms with Crippen molar-refractivity contribution in [3.63, 3.8) is 0 Å². The fraction of sp³-hybridized carbons (Fsp3) is 0.100. The third-order valence-corrected chi connectivity index (χ3v) is 1.70. The number of halogens is 1. The van der Waals surface area contributed by atoms with Gasteiger partial charge in [0.2, 0.25) is 0 Å². The number of carboxylic acids is 1. The molecule has 0 saturated carbocycles. The van der Waals surface area contributed by atoms with Crippen molar-refractivity contribution in [3.05, 3.63) is 47.0 Å². The molecule has 68 valence electrons. The Kier molecular flexibility index (Phi) is 3.09. The lowest BCUT2D eigenvalue weighted by atomic mass is 10.1. The summed E-state index contributed by atoms with van der Waals surface area (Å²) in [6, 6.07) is 6.65. The molecular formula is C10H9ClO2. The lowest BCUT2D eigenvalue weighted by Gasteiger charge is -2.00. The fourth-order valence-electron chi connectivity index (χ4n) is 1.04. The van der Waals surface area contributed by atoms with E-state index in [1.165, 1.54) is 0 Å². The molecule has 0 saturated heterocycles. The Morgan fingerprint density at radius 1 is 1.54 bits per heavy atom. The van der Waals surface area contributed by atoms with Crippen molar-refractivity contribution in [3.8, 4) is 0 Å². The van der Waals surface area contributed by atoms with E-state index < -0.39 is 5.97 Å². The van der Waals surface area contributed by atoms with Crippen molar-refractivity contribution in [2.75, 3.05) is 0 Å². The van der Waals surface area contributed by atoms with Gasteiger partial charge >= 0.3 is 5.97 Å². The van der Waals surface area contributed by atoms with E-state index in [-0.39, 0.29) is 5.56 Å². The zero-order valence-electron chi connectivity index (χ0n) is 6.96. The zero-order chi connectivity index (χ0) is 9.84. The predicted molar refractivity (Wildman–Crippen MR) is 52.1 cm³/mol. The molecule has 1 aromatic carbocycles. The number of carboxylic acid groups (broad SMARTS) is 1. The third-order valence-electron chi connectivity index (χ3n) is 1.57. The summed E-state index contributed by atoms with van der Waals surface area (Å²) in [6.45, 7) is 3.54. The van der Waals surface area contributed by atoms with E-state index in [2.05, 4.69) is 6.58 Å². The van der Waals surface area contributed by atoms with Crippen LogP contribution in [0.2, 0.25) is 0 Å². The molecular weight excluding hydrogens is 188 g/mol. The first-order chi connectivity index (χ1) is 6.09. The minimum absolute atomic E-state index is 0.274. The van der Waals surface area contributed by atoms with Gasteiger partial charge in [-0.2, -0.15) is 0 Å². The first-order valence-electron chi connectivity index (χ1n) is 3.75. The number of hydrogen-bond donors (Lipinski definition) is 1. The van der Waals surface area contributed by atoms with Crippen LogP contribution in [0.4, 0.5) is 0 Å². The lowest BCUT2D eigenvalue weighted by Crippen LogP contribution is -1.97. The highest BCUT2D eigenvalue weighted by Gasteiger charge is 2.02. The van der Waals surface area contributed by atoms with Gasteiger partial charge in [0.15, 0.2) is 0 Å². The molecule has 2 nitrogen and oxygen atoms in total. The largest absolute Gasteiger partial charge is 0.478 e. The minimum atomic E-state index is -0.929. The number of carbonyl (C=O) groups is 1. The smallest absolute Gasteiger partial charge is 0.335 e. The quantitative estimate of drug-likeness (QED) is 0.807. The van der Waals surface area contributed by atoms with Gasteiger partial charge in [-0.05, 0) is 17.7 Å². The molecule has 0 radical (unpaired) electrons. The Labute approximate surface area is 81.5 Å². The van der Waals surface area contributed by atoms with E-state index in [1.54, 1.807) is 18.2 Å². The molecule has 0 heterocycles. The van der Waals surface area contributed by atoms with Gasteiger partial charge in [-0.3, -0.25) is 0 Å². The van der Waals surface area contributed by atoms with E-state index in [4.69, 9.17) is 16.7 Å². The molecule has 13 heavy (non-hydrogen) atoms. The first kappa shape index (κ1) is 9.81. The average Bonchev–Trinajstić information content (AvgIpc) is 2.03. The normalized spacial score (nSPS) is 9.62. The molecule has 0 aliphatic carbocycles. The van der Waals surface area contributed by atoms with Gasteiger partial charge < -0.3 is 5.11 Å². The number of aromatic carboxylic acids is 1. The maximum Gasteiger partial charge on any atom is 0.335 e. The molecule has 0 spiro atoms. The SMILES string of the molecule is C=C(Cl)Cc1cccc(C(=O)O)c1. The summed E-state index contributed by atoms with van der Waals surface area (Å²) in [5, 5.41) is 9.19. The van der Waals surface area contributed by atoms with Crippen LogP contribution >= 0.6 is 11.6 Å². The first-order valence-corrected chi connectivity index (χ1v) is 4.13. The molecule has 0 aromatic heterocycles. The number of hydrogen-bond acceptors (Lipinski definition) is 1. The van der Waals surface area contributed by atoms with Gasteiger partial charge in [0.1, 0.15) is 0 Å². The van der Waals surface area contributed by atoms with E-state index >= 15 is 0 Å². The molecule has 1 rings (SSSR count). The predicted octanol–water partition coefficient (Wildman–Crippen LogP) is 2.68. The Balaban J connectivity index is 2.91. The second-order valence-electron chi connectivity index (χ2n) is 2.70. The van der Waals surface area contributed by atoms with Gasteiger partial charge in [-0.1, -0.05) is 30.3 Å². The van der Waals surface area contributed by atoms with E-state index in [0.717, 1.165) is 5.56 Å². The molecule has 0 bridgehead atoms. The monoisotopic (exact) mass is 196 g/mol. The van der Waals surface area contributed by atoms with E-state index in [9.17, 15) is 4.79 Å². The molecule has 0 amide bonds. The fourth-order valence-corrected chi connectivity index (χ4v) is 1.19. The van der Waals surface area contributed by atoms with Crippen LogP contribution < -0.4 is 0 Å². The Morgan fingerprint density at radius 2 is 2.23 bits per heavy atom. The topological polar surface area (TPSA) is 37.3 Å². The van der Waals surface area contributed by atoms with E-state index in [1.807, 2.05) is 6.07 Å². The number of allylic oxidation sites excluding steroid dienone is 1. The second-order valence-corrected chi connectivity index (χ2v) is 3.23. The van der Waals surface area contributed by atoms with Crippen LogP contribution in [-0.4, -0.2) is 11.1 Å². The summed E-state index contributed by atoms with van der Waals surface area (Å²) in [5.74, 6) is -0.929. The molecule has 0 atom stereocenters. The van der Waals surface area contributed by atoms with Gasteiger partial charge in [0, 0.05) is 11.5 Å². The van der Waals surface area contributed by atoms with Crippen molar-refractivity contribution in [1.82, 2.24) is 0 Å². The maximum absolute atomic E-state index is 10.6. The van der Waals surface area contributed by atoms with Crippen LogP contribution in [0.25, 0.3) is 0 Å². The summed E-state index contributed by atoms with van der Waals surface area (Å²) in [7, 11) is 0. The molecule has 0 aliphatic heterocycles. The van der Waals surface area contributed by atoms with Crippen LogP contribution in [0.5, 0.6) is 0 Å². The standard InChI is InChI=1S/C10H9ClO2/c1-7(11)5-8-3-2-4-9(6-8)10(12)13/h2-4,6H,1,5H2,(H,12,13). The van der Waals surface area contributed by atoms with Gasteiger partial charge in [0.05, 0.1) is 5.56 Å². The summed E-state index contributed by atoms with van der Waals surface area (Å²) < 4.78 is 0. The minimum Gasteiger partial charge on any atom is -0.478 e. The van der Waals surface area contributed by atoms with Crippen molar-refractivity contribution in [2.24, 2.45) is 0 Å². The molecule has 1 N–H and O–H groups in total. The van der Waals surface area contributed by atoms with Crippen molar-refractivity contribution < 1.29 is 9.90 Å². The zero-order valence-corrected chi connectivity index (χ0v) is 7.71. The average molecular weight is 197 g/mol. The van der Waals surface area contributed by atoms with Crippen molar-refractivity contribution >= 4 is 17.6 Å². The highest BCUT2D eigenvalue weighted by molar-refractivity contribution is 6.29. The molecule has 1 aromatic rings. The van der Waals surface area contributed by atoms with Crippen LogP contribution in [0.1, 0.15) is 15.9 Å². The summed E-state index contributed by atoms with van der Waals surface area (Å²) in [5.41, 5.74) is 1.13. The van der Waals surface area contributed by atoms with Crippen LogP contribution in [-0.2, 0) is 6.42 Å². The van der Waals surface area contributed by atoms with E-state index in [0.29, 0.717) is 11.5 Å². The Hall–Kier alpha value is -1.28. The third kappa shape index (κ3) is 2.92. The maximum atomic E-state index is 10.6. The lowest BCUT2D eigenvalue weighted by molar-refractivity contribution is 0.0697. The van der Waals surface area contributed by atoms with Crippen molar-refractivity contribution in [2.45, 2.75) is 6.42 Å². The Bertz CT molecular complexity index is 345. The van der Waals surface area contributed by atoms with Crippen molar-refractivity contribution in [1.29, 1.82) is 0 Å². The Morgan fingerprint density at radius 3 is 2.77 bits per heavy atom. The van der Waals surface area contributed by atoms with Crippen LogP contribution in [0, 0.1) is 0 Å². The summed E-state index contributed by atoms with van der Waals surface area (Å²) in [4.78, 5) is 10.6. The highest BCUT2D eigenvalue weighted by atomic mass is 35.5. The van der Waals surface area contributed by atoms with Gasteiger partial charge in [-0.25, -0.2) is 4.79 Å². The molecule has 0 unspecified atom stereocenters. The van der Waals surface area contributed by atoms with Gasteiger partial charge in [-0.15, -0.1) is 0 Å². The number of benzene rings is 1. The number of rotatable bonds is 3. The molecule has 0 aliphatic rings. The molecule has 0 fully saturated rings. The summed E-state index contributed by atoms with van der Waals surface area (Å²) >= 11 is 5.60. The van der Waals surface area contributed by atoms with Gasteiger partial charge in [0.25, 0.3) is 0 Å².